The number of halogens is 4. The largest absolute Gasteiger partial charge is 0.573 e. The van der Waals surface area contributed by atoms with E-state index < -0.39 is 24.9 Å². The number of carbonyl (C=O) groups is 1. The molecule has 0 unspecified atom stereocenters. The number of hydrogen-bond acceptors (Lipinski definition) is 8. The van der Waals surface area contributed by atoms with E-state index in [1.807, 2.05) is 0 Å². The Kier molecular flexibility index (Phi) is 7.20. The predicted molar refractivity (Wildman–Crippen MR) is 106 cm³/mol. The number of rotatable bonds is 8. The Hall–Kier alpha value is -3.74. The number of benzene rings is 2. The van der Waals surface area contributed by atoms with Gasteiger partial charge in [-0.15, -0.1) is 13.2 Å². The van der Waals surface area contributed by atoms with Gasteiger partial charge < -0.3 is 19.6 Å². The van der Waals surface area contributed by atoms with E-state index in [1.165, 1.54) is 31.3 Å². The van der Waals surface area contributed by atoms with Crippen LogP contribution in [-0.4, -0.2) is 41.2 Å². The maximum atomic E-state index is 12.4. The smallest absolute Gasteiger partial charge is 0.429 e. The molecule has 13 heteroatoms. The second-order valence-electron chi connectivity index (χ2n) is 5.81. The van der Waals surface area contributed by atoms with Crippen molar-refractivity contribution in [3.63, 3.8) is 0 Å². The molecule has 0 atom stereocenters. The van der Waals surface area contributed by atoms with Crippen molar-refractivity contribution >= 4 is 23.2 Å². The fourth-order valence-corrected chi connectivity index (χ4v) is 3.03. The van der Waals surface area contributed by atoms with Crippen LogP contribution >= 0.6 is 11.5 Å². The van der Waals surface area contributed by atoms with Gasteiger partial charge in [-0.25, -0.2) is 4.39 Å². The lowest BCUT2D eigenvalue weighted by atomic mass is 10.1. The number of hydrogen-bond donors (Lipinski definition) is 1. The van der Waals surface area contributed by atoms with Crippen molar-refractivity contribution in [1.82, 2.24) is 14.7 Å². The Morgan fingerprint density at radius 2 is 1.97 bits per heavy atom. The molecule has 1 aromatic heterocycles. The average Bonchev–Trinajstić information content (AvgIpc) is 3.22. The van der Waals surface area contributed by atoms with Crippen molar-refractivity contribution in [2.75, 3.05) is 13.9 Å². The van der Waals surface area contributed by atoms with Gasteiger partial charge in [0.05, 0.1) is 5.56 Å². The molecule has 2 aromatic carbocycles. The average molecular weight is 470 g/mol. The normalized spacial score (nSPS) is 11.7. The van der Waals surface area contributed by atoms with Crippen LogP contribution in [0.5, 0.6) is 16.7 Å². The molecule has 168 valence electrons. The van der Waals surface area contributed by atoms with Gasteiger partial charge in [-0.1, -0.05) is 29.4 Å². The van der Waals surface area contributed by atoms with Crippen LogP contribution in [0.15, 0.2) is 53.7 Å². The summed E-state index contributed by atoms with van der Waals surface area (Å²) < 4.78 is 63.4. The molecular formula is C19H14F4N4O4S. The van der Waals surface area contributed by atoms with Gasteiger partial charge in [0.2, 0.25) is 0 Å². The lowest BCUT2D eigenvalue weighted by molar-refractivity contribution is -0.274. The van der Waals surface area contributed by atoms with Crippen LogP contribution in [0, 0.1) is 0 Å². The molecule has 1 amide bonds. The molecule has 0 spiro atoms. The Bertz CT molecular complexity index is 1120. The van der Waals surface area contributed by atoms with Crippen molar-refractivity contribution in [3.8, 4) is 28.1 Å². The van der Waals surface area contributed by atoms with Gasteiger partial charge in [0, 0.05) is 24.1 Å². The van der Waals surface area contributed by atoms with E-state index in [2.05, 4.69) is 29.4 Å². The van der Waals surface area contributed by atoms with Crippen molar-refractivity contribution < 1.29 is 36.7 Å². The van der Waals surface area contributed by atoms with Crippen molar-refractivity contribution in [3.05, 3.63) is 54.1 Å². The fraction of sp³-hybridized carbons (Fsp3) is 0.158. The molecule has 0 bridgehead atoms. The molecule has 32 heavy (non-hydrogen) atoms. The molecule has 0 radical (unpaired) electrons. The molecule has 0 saturated carbocycles. The molecule has 3 rings (SSSR count). The SMILES string of the molecule is CNC(=O)C(=NOCF)c1ccccc1Oc1nc(-c2cccc(OC(F)(F)F)c2)ns1. The van der Waals surface area contributed by atoms with Crippen molar-refractivity contribution in [2.24, 2.45) is 5.16 Å². The minimum absolute atomic E-state index is 0.0391. The summed E-state index contributed by atoms with van der Waals surface area (Å²) in [6.45, 7) is -1.24. The number of carbonyl (C=O) groups excluding carboxylic acids is 1. The van der Waals surface area contributed by atoms with Crippen LogP contribution in [0.2, 0.25) is 0 Å². The van der Waals surface area contributed by atoms with Crippen LogP contribution in [0.3, 0.4) is 0 Å². The van der Waals surface area contributed by atoms with Crippen LogP contribution in [-0.2, 0) is 9.63 Å². The summed E-state index contributed by atoms with van der Waals surface area (Å²) in [5.41, 5.74) is 0.232. The molecule has 0 aliphatic rings. The predicted octanol–water partition coefficient (Wildman–Crippen LogP) is 4.29. The Morgan fingerprint density at radius 1 is 1.19 bits per heavy atom. The van der Waals surface area contributed by atoms with Crippen LogP contribution in [0.4, 0.5) is 17.6 Å². The fourth-order valence-electron chi connectivity index (χ4n) is 2.47. The highest BCUT2D eigenvalue weighted by molar-refractivity contribution is 7.07. The lowest BCUT2D eigenvalue weighted by Crippen LogP contribution is -2.29. The third kappa shape index (κ3) is 5.91. The maximum Gasteiger partial charge on any atom is 0.573 e. The highest BCUT2D eigenvalue weighted by Crippen LogP contribution is 2.31. The van der Waals surface area contributed by atoms with Gasteiger partial charge in [-0.05, 0) is 24.3 Å². The van der Waals surface area contributed by atoms with E-state index in [4.69, 9.17) is 4.74 Å². The van der Waals surface area contributed by atoms with E-state index in [1.54, 1.807) is 12.1 Å². The van der Waals surface area contributed by atoms with Crippen LogP contribution in [0.25, 0.3) is 11.4 Å². The van der Waals surface area contributed by atoms with Gasteiger partial charge in [0.25, 0.3) is 18.0 Å². The molecule has 0 aliphatic heterocycles. The first-order valence-corrected chi connectivity index (χ1v) is 9.53. The summed E-state index contributed by atoms with van der Waals surface area (Å²) in [5.74, 6) is -0.809. The van der Waals surface area contributed by atoms with E-state index in [0.717, 1.165) is 23.7 Å². The van der Waals surface area contributed by atoms with Gasteiger partial charge >= 0.3 is 6.36 Å². The first kappa shape index (κ1) is 22.9. The second-order valence-corrected chi connectivity index (χ2v) is 6.53. The van der Waals surface area contributed by atoms with Gasteiger partial charge in [0.15, 0.2) is 11.5 Å². The number of ether oxygens (including phenoxy) is 2. The van der Waals surface area contributed by atoms with Gasteiger partial charge in [-0.2, -0.15) is 9.36 Å². The zero-order chi connectivity index (χ0) is 23.1. The highest BCUT2D eigenvalue weighted by Gasteiger charge is 2.31. The highest BCUT2D eigenvalue weighted by atomic mass is 32.1. The van der Waals surface area contributed by atoms with Gasteiger partial charge in [0.1, 0.15) is 11.5 Å². The Labute approximate surface area is 182 Å². The summed E-state index contributed by atoms with van der Waals surface area (Å²) in [6.07, 6.45) is -4.83. The molecular weight excluding hydrogens is 456 g/mol. The lowest BCUT2D eigenvalue weighted by Gasteiger charge is -2.10. The number of amides is 1. The first-order chi connectivity index (χ1) is 15.3. The minimum Gasteiger partial charge on any atom is -0.429 e. The van der Waals surface area contributed by atoms with Crippen molar-refractivity contribution in [2.45, 2.75) is 6.36 Å². The van der Waals surface area contributed by atoms with Crippen LogP contribution in [0.1, 0.15) is 5.56 Å². The number of para-hydroxylation sites is 1. The first-order valence-electron chi connectivity index (χ1n) is 8.76. The number of nitrogens with zero attached hydrogens (tertiary/aromatic N) is 3. The molecule has 0 aliphatic carbocycles. The topological polar surface area (TPSA) is 94.9 Å². The second kappa shape index (κ2) is 10.0. The van der Waals surface area contributed by atoms with E-state index >= 15 is 0 Å². The molecule has 3 aromatic rings. The summed E-state index contributed by atoms with van der Waals surface area (Å²) in [6, 6.07) is 11.4. The quantitative estimate of drug-likeness (QED) is 0.300. The Morgan fingerprint density at radius 3 is 2.69 bits per heavy atom. The number of nitrogens with one attached hydrogen (secondary N) is 1. The number of aromatic nitrogens is 2. The van der Waals surface area contributed by atoms with Gasteiger partial charge in [-0.3, -0.25) is 4.79 Å². The molecule has 0 saturated heterocycles. The third-order valence-electron chi connectivity index (χ3n) is 3.72. The maximum absolute atomic E-state index is 12.4. The summed E-state index contributed by atoms with van der Waals surface area (Å²) in [5, 5.41) is 5.89. The van der Waals surface area contributed by atoms with E-state index in [9.17, 15) is 22.4 Å². The Balaban J connectivity index is 1.87. The third-order valence-corrected chi connectivity index (χ3v) is 4.31. The van der Waals surface area contributed by atoms with E-state index in [-0.39, 0.29) is 33.6 Å². The summed E-state index contributed by atoms with van der Waals surface area (Å²) in [4.78, 5) is 20.7. The summed E-state index contributed by atoms with van der Waals surface area (Å²) >= 11 is 0.833. The van der Waals surface area contributed by atoms with E-state index in [0.29, 0.717) is 0 Å². The minimum atomic E-state index is -4.83. The number of alkyl halides is 4. The zero-order valence-corrected chi connectivity index (χ0v) is 17.0. The van der Waals surface area contributed by atoms with Crippen LogP contribution < -0.4 is 14.8 Å². The molecule has 8 nitrogen and oxygen atoms in total. The number of likely N-dealkylation sites (N-methyl/N-ethyl adjacent to an activating group) is 1. The molecule has 0 fully saturated rings. The number of oxime groups is 1. The molecule has 1 heterocycles. The van der Waals surface area contributed by atoms with Crippen molar-refractivity contribution in [1.29, 1.82) is 0 Å². The zero-order valence-electron chi connectivity index (χ0n) is 16.2. The summed E-state index contributed by atoms with van der Waals surface area (Å²) in [7, 11) is 1.37. The standard InChI is InChI=1S/C19H14F4N4O4S/c1-24-17(28)15(26-29-10-20)13-7-2-3-8-14(13)30-18-25-16(27-32-18)11-5-4-6-12(9-11)31-19(21,22)23/h2-9H,10H2,1H3,(H,24,28). The molecule has 1 N–H and O–H groups in total. The monoisotopic (exact) mass is 470 g/mol.